The molecule has 4 aromatic carbocycles. The number of hydrogen-bond acceptors (Lipinski definition) is 2. The second-order valence-electron chi connectivity index (χ2n) is 9.28. The molecule has 0 N–H and O–H groups in total. The molecule has 3 aromatic heterocycles. The van der Waals surface area contributed by atoms with Crippen molar-refractivity contribution in [3.8, 4) is 39.3 Å². The predicted molar refractivity (Wildman–Crippen MR) is 160 cm³/mol. The van der Waals surface area contributed by atoms with Crippen LogP contribution in [0.4, 0.5) is 0 Å². The van der Waals surface area contributed by atoms with Crippen molar-refractivity contribution in [1.29, 1.82) is 0 Å². The Bertz CT molecular complexity index is 1870. The normalized spacial score (nSPS) is 11.3. The van der Waals surface area contributed by atoms with Crippen molar-refractivity contribution in [2.24, 2.45) is 0 Å². The Labute approximate surface area is 229 Å². The molecule has 0 atom stereocenters. The molecule has 38 heavy (non-hydrogen) atoms. The summed E-state index contributed by atoms with van der Waals surface area (Å²) in [4.78, 5) is 9.89. The molecule has 0 unspecified atom stereocenters. The highest BCUT2D eigenvalue weighted by Crippen LogP contribution is 2.35. The quantitative estimate of drug-likeness (QED) is 0.218. The van der Waals surface area contributed by atoms with Crippen molar-refractivity contribution in [3.63, 3.8) is 0 Å². The highest BCUT2D eigenvalue weighted by molar-refractivity contribution is 9.10. The largest absolute Gasteiger partial charge is 0.294 e. The van der Waals surface area contributed by atoms with E-state index in [2.05, 4.69) is 130 Å². The minimum atomic E-state index is 0.934. The van der Waals surface area contributed by atoms with Gasteiger partial charge in [0.15, 0.2) is 0 Å². The average molecular weight is 552 g/mol. The fourth-order valence-electron chi connectivity index (χ4n) is 5.12. The number of rotatable bonds is 4. The van der Waals surface area contributed by atoms with Crippen LogP contribution in [0.3, 0.4) is 0 Å². The Morgan fingerprint density at radius 2 is 1.24 bits per heavy atom. The second-order valence-corrected chi connectivity index (χ2v) is 10.2. The van der Waals surface area contributed by atoms with Crippen LogP contribution in [0.2, 0.25) is 0 Å². The van der Waals surface area contributed by atoms with Crippen LogP contribution < -0.4 is 0 Å². The van der Waals surface area contributed by atoms with Gasteiger partial charge in [0.2, 0.25) is 0 Å². The van der Waals surface area contributed by atoms with Crippen LogP contribution in [0.25, 0.3) is 61.3 Å². The van der Waals surface area contributed by atoms with E-state index in [1.54, 1.807) is 0 Å². The molecule has 0 saturated heterocycles. The van der Waals surface area contributed by atoms with Crippen LogP contribution in [0.5, 0.6) is 0 Å². The van der Waals surface area contributed by atoms with Crippen LogP contribution in [-0.4, -0.2) is 14.5 Å². The van der Waals surface area contributed by atoms with E-state index in [0.717, 1.165) is 54.8 Å². The molecule has 3 nitrogen and oxygen atoms in total. The summed E-state index contributed by atoms with van der Waals surface area (Å²) >= 11 is 3.64. The zero-order chi connectivity index (χ0) is 25.5. The third kappa shape index (κ3) is 4.00. The molecule has 180 valence electrons. The SMILES string of the molecule is Brc1ccc2c(c1)c1cccnc1n2-c1cccc(-c2cc(-c3ccccc3)cc(-c3ccccc3)n2)c1. The maximum absolute atomic E-state index is 5.13. The van der Waals surface area contributed by atoms with Crippen LogP contribution >= 0.6 is 15.9 Å². The number of benzene rings is 4. The Morgan fingerprint density at radius 3 is 2.03 bits per heavy atom. The Hall–Kier alpha value is -4.54. The van der Waals surface area contributed by atoms with Gasteiger partial charge in [-0.1, -0.05) is 88.7 Å². The summed E-state index contributed by atoms with van der Waals surface area (Å²) in [7, 11) is 0. The lowest BCUT2D eigenvalue weighted by atomic mass is 10.00. The summed E-state index contributed by atoms with van der Waals surface area (Å²) in [6, 6.07) is 44.3. The van der Waals surface area contributed by atoms with Crippen molar-refractivity contribution in [1.82, 2.24) is 14.5 Å². The van der Waals surface area contributed by atoms with Gasteiger partial charge in [0.05, 0.1) is 16.9 Å². The Balaban J connectivity index is 1.44. The first-order valence-corrected chi connectivity index (χ1v) is 13.3. The van der Waals surface area contributed by atoms with E-state index in [1.807, 2.05) is 24.4 Å². The van der Waals surface area contributed by atoms with Gasteiger partial charge >= 0.3 is 0 Å². The molecule has 7 aromatic rings. The minimum absolute atomic E-state index is 0.934. The summed E-state index contributed by atoms with van der Waals surface area (Å²) in [6.45, 7) is 0. The topological polar surface area (TPSA) is 30.7 Å². The molecule has 0 aliphatic rings. The third-order valence-corrected chi connectivity index (χ3v) is 7.38. The van der Waals surface area contributed by atoms with Gasteiger partial charge in [-0.2, -0.15) is 0 Å². The Kier molecular flexibility index (Phi) is 5.60. The summed E-state index contributed by atoms with van der Waals surface area (Å²) < 4.78 is 3.29. The second kappa shape index (κ2) is 9.40. The lowest BCUT2D eigenvalue weighted by molar-refractivity contribution is 1.13. The number of aromatic nitrogens is 3. The van der Waals surface area contributed by atoms with Gasteiger partial charge in [-0.25, -0.2) is 9.97 Å². The van der Waals surface area contributed by atoms with E-state index >= 15 is 0 Å². The highest BCUT2D eigenvalue weighted by atomic mass is 79.9. The first-order valence-electron chi connectivity index (χ1n) is 12.5. The summed E-state index contributed by atoms with van der Waals surface area (Å²) in [5.74, 6) is 0. The molecule has 7 rings (SSSR count). The number of pyridine rings is 2. The molecule has 0 fully saturated rings. The van der Waals surface area contributed by atoms with Crippen LogP contribution in [-0.2, 0) is 0 Å². The van der Waals surface area contributed by atoms with Crippen molar-refractivity contribution < 1.29 is 0 Å². The van der Waals surface area contributed by atoms with E-state index in [4.69, 9.17) is 9.97 Å². The molecular weight excluding hydrogens is 530 g/mol. The molecule has 0 bridgehead atoms. The number of fused-ring (bicyclic) bond motifs is 3. The number of nitrogens with zero attached hydrogens (tertiary/aromatic N) is 3. The van der Waals surface area contributed by atoms with Gasteiger partial charge in [0, 0.05) is 38.3 Å². The summed E-state index contributed by atoms with van der Waals surface area (Å²) in [6.07, 6.45) is 1.85. The molecular formula is C34H22BrN3. The zero-order valence-electron chi connectivity index (χ0n) is 20.4. The van der Waals surface area contributed by atoms with E-state index in [0.29, 0.717) is 0 Å². The summed E-state index contributed by atoms with van der Waals surface area (Å²) in [5.41, 5.74) is 9.46. The lowest BCUT2D eigenvalue weighted by Crippen LogP contribution is -1.97. The van der Waals surface area contributed by atoms with Gasteiger partial charge in [-0.15, -0.1) is 0 Å². The first kappa shape index (κ1) is 22.6. The van der Waals surface area contributed by atoms with Gasteiger partial charge in [-0.3, -0.25) is 4.57 Å². The molecule has 0 amide bonds. The number of hydrogen-bond donors (Lipinski definition) is 0. The molecule has 3 heterocycles. The molecule has 4 heteroatoms. The standard InChI is InChI=1S/C34H22BrN3/c35-27-16-17-33-30(22-27)29-15-8-18-36-34(29)38(33)28-14-7-13-25(19-28)32-21-26(23-9-3-1-4-10-23)20-31(37-32)24-11-5-2-6-12-24/h1-22H. The van der Waals surface area contributed by atoms with Crippen LogP contribution in [0, 0.1) is 0 Å². The van der Waals surface area contributed by atoms with Gasteiger partial charge < -0.3 is 0 Å². The smallest absolute Gasteiger partial charge is 0.145 e. The van der Waals surface area contributed by atoms with E-state index in [9.17, 15) is 0 Å². The monoisotopic (exact) mass is 551 g/mol. The van der Waals surface area contributed by atoms with Crippen molar-refractivity contribution in [2.75, 3.05) is 0 Å². The number of halogens is 1. The fourth-order valence-corrected chi connectivity index (χ4v) is 5.48. The van der Waals surface area contributed by atoms with Crippen LogP contribution in [0.15, 0.2) is 138 Å². The van der Waals surface area contributed by atoms with Crippen molar-refractivity contribution in [3.05, 3.63) is 138 Å². The van der Waals surface area contributed by atoms with E-state index < -0.39 is 0 Å². The van der Waals surface area contributed by atoms with E-state index in [1.165, 1.54) is 10.9 Å². The molecule has 0 saturated carbocycles. The molecule has 0 aliphatic carbocycles. The minimum Gasteiger partial charge on any atom is -0.294 e. The lowest BCUT2D eigenvalue weighted by Gasteiger charge is -2.12. The summed E-state index contributed by atoms with van der Waals surface area (Å²) in [5, 5.41) is 2.30. The van der Waals surface area contributed by atoms with Gasteiger partial charge in [-0.05, 0) is 65.7 Å². The highest BCUT2D eigenvalue weighted by Gasteiger charge is 2.15. The molecule has 0 aliphatic heterocycles. The third-order valence-electron chi connectivity index (χ3n) is 6.89. The average Bonchev–Trinajstić information content (AvgIpc) is 3.31. The molecule has 0 radical (unpaired) electrons. The van der Waals surface area contributed by atoms with Gasteiger partial charge in [0.25, 0.3) is 0 Å². The first-order chi connectivity index (χ1) is 18.7. The maximum atomic E-state index is 5.13. The zero-order valence-corrected chi connectivity index (χ0v) is 22.0. The van der Waals surface area contributed by atoms with E-state index in [-0.39, 0.29) is 0 Å². The van der Waals surface area contributed by atoms with Crippen LogP contribution in [0.1, 0.15) is 0 Å². The fraction of sp³-hybridized carbons (Fsp3) is 0. The van der Waals surface area contributed by atoms with Gasteiger partial charge in [0.1, 0.15) is 5.65 Å². The van der Waals surface area contributed by atoms with Crippen molar-refractivity contribution in [2.45, 2.75) is 0 Å². The van der Waals surface area contributed by atoms with Crippen molar-refractivity contribution >= 4 is 37.9 Å². The maximum Gasteiger partial charge on any atom is 0.145 e. The Morgan fingerprint density at radius 1 is 0.526 bits per heavy atom. The predicted octanol–water partition coefficient (Wildman–Crippen LogP) is 9.34. The molecule has 0 spiro atoms.